The first-order chi connectivity index (χ1) is 19.5. The predicted octanol–water partition coefficient (Wildman–Crippen LogP) is 1.95. The van der Waals surface area contributed by atoms with Crippen LogP contribution in [-0.2, 0) is 20.6 Å². The number of carbonyl (C=O) groups excluding carboxylic acids is 3. The number of aliphatic hydroxyl groups is 4. The van der Waals surface area contributed by atoms with Crippen LogP contribution in [0.2, 0.25) is 0 Å². The van der Waals surface area contributed by atoms with Crippen molar-refractivity contribution < 1.29 is 53.1 Å². The molecule has 0 spiro atoms. The van der Waals surface area contributed by atoms with Crippen molar-refractivity contribution in [3.63, 3.8) is 0 Å². The van der Waals surface area contributed by atoms with Crippen molar-refractivity contribution in [2.75, 3.05) is 14.1 Å². The molecule has 3 aliphatic rings. The molecule has 2 aromatic carbocycles. The van der Waals surface area contributed by atoms with Gasteiger partial charge >= 0.3 is 6.18 Å². The number of ketones is 2. The number of likely N-dealkylation sites (N-methyl/N-ethyl adjacent to an activating group) is 1. The summed E-state index contributed by atoms with van der Waals surface area (Å²) in [4.78, 5) is 40.8. The van der Waals surface area contributed by atoms with E-state index in [1.54, 1.807) is 0 Å². The summed E-state index contributed by atoms with van der Waals surface area (Å²) in [5, 5.41) is 56.5. The first-order valence-electron chi connectivity index (χ1n) is 12.6. The van der Waals surface area contributed by atoms with Gasteiger partial charge in [0.2, 0.25) is 5.78 Å². The summed E-state index contributed by atoms with van der Waals surface area (Å²) in [6.45, 7) is 0. The fraction of sp³-hybridized carbons (Fsp3) is 0.276. The summed E-state index contributed by atoms with van der Waals surface area (Å²) < 4.78 is 39.5. The van der Waals surface area contributed by atoms with Crippen LogP contribution in [0.4, 0.5) is 13.2 Å². The molecule has 10 nitrogen and oxygen atoms in total. The molecule has 0 radical (unpaired) electrons. The number of rotatable bonds is 3. The van der Waals surface area contributed by atoms with Gasteiger partial charge in [0.15, 0.2) is 11.4 Å². The molecule has 5 rings (SSSR count). The first kappa shape index (κ1) is 29.0. The van der Waals surface area contributed by atoms with Crippen LogP contribution in [0, 0.1) is 11.8 Å². The van der Waals surface area contributed by atoms with Gasteiger partial charge in [0.25, 0.3) is 5.91 Å². The number of hydrogen-bond acceptors (Lipinski definition) is 9. The maximum atomic E-state index is 14.1. The van der Waals surface area contributed by atoms with Crippen LogP contribution >= 0.6 is 0 Å². The highest BCUT2D eigenvalue weighted by Crippen LogP contribution is 2.56. The van der Waals surface area contributed by atoms with Gasteiger partial charge in [-0.3, -0.25) is 19.3 Å². The summed E-state index contributed by atoms with van der Waals surface area (Å²) in [5.41, 5.74) is -0.349. The number of carbonyl (C=O) groups is 3. The number of nitrogens with zero attached hydrogens (tertiary/aromatic N) is 1. The number of phenolic OH excluding ortho intramolecular Hbond substituents is 1. The van der Waals surface area contributed by atoms with Crippen LogP contribution in [0.3, 0.4) is 0 Å². The molecule has 42 heavy (non-hydrogen) atoms. The number of hydrogen-bond donors (Lipinski definition) is 6. The van der Waals surface area contributed by atoms with E-state index in [1.807, 2.05) is 0 Å². The number of amides is 1. The molecule has 1 amide bonds. The smallest absolute Gasteiger partial charge is 0.416 e. The molecule has 0 unspecified atom stereocenters. The van der Waals surface area contributed by atoms with Crippen molar-refractivity contribution in [1.82, 2.24) is 4.90 Å². The summed E-state index contributed by atoms with van der Waals surface area (Å²) in [5.74, 6) is -9.91. The molecule has 0 aromatic heterocycles. The van der Waals surface area contributed by atoms with Crippen LogP contribution in [0.5, 0.6) is 5.75 Å². The highest BCUT2D eigenvalue weighted by molar-refractivity contribution is 6.25. The lowest BCUT2D eigenvalue weighted by molar-refractivity contribution is -0.166. The Morgan fingerprint density at radius 3 is 2.21 bits per heavy atom. The third-order valence-corrected chi connectivity index (χ3v) is 8.09. The zero-order valence-electron chi connectivity index (χ0n) is 22.0. The monoisotopic (exact) mass is 586 g/mol. The van der Waals surface area contributed by atoms with E-state index in [0.717, 1.165) is 24.3 Å². The number of halogens is 3. The second kappa shape index (κ2) is 9.54. The minimum atomic E-state index is -4.61. The molecule has 0 bridgehead atoms. The number of aromatic hydroxyl groups is 1. The van der Waals surface area contributed by atoms with Gasteiger partial charge in [0, 0.05) is 5.92 Å². The van der Waals surface area contributed by atoms with Crippen molar-refractivity contribution in [3.05, 3.63) is 81.6 Å². The molecule has 0 heterocycles. The number of benzene rings is 2. The Hall–Kier alpha value is -4.46. The summed E-state index contributed by atoms with van der Waals surface area (Å²) in [7, 11) is 2.74. The Morgan fingerprint density at radius 2 is 1.67 bits per heavy atom. The van der Waals surface area contributed by atoms with Crippen molar-refractivity contribution in [1.29, 1.82) is 0 Å². The van der Waals surface area contributed by atoms with Crippen LogP contribution in [0.1, 0.15) is 22.3 Å². The Morgan fingerprint density at radius 1 is 1.05 bits per heavy atom. The topological polar surface area (TPSA) is 182 Å². The Labute approximate surface area is 236 Å². The van der Waals surface area contributed by atoms with E-state index in [2.05, 4.69) is 0 Å². The SMILES string of the molecule is CN(C)[C@@H]1C(=O)C(C(N)=O)=C(O)[C@@]2(O)C(=O)C3=C(O)c4c(O)cccc4/C(=C\c4ccc(C(F)(F)F)cc4)[C@H]3[C@H](O)[C@@H]12. The van der Waals surface area contributed by atoms with E-state index in [9.17, 15) is 53.1 Å². The van der Waals surface area contributed by atoms with E-state index in [-0.39, 0.29) is 22.3 Å². The largest absolute Gasteiger partial charge is 0.508 e. The minimum Gasteiger partial charge on any atom is -0.508 e. The van der Waals surface area contributed by atoms with Crippen LogP contribution < -0.4 is 5.73 Å². The Bertz CT molecular complexity index is 1640. The van der Waals surface area contributed by atoms with Crippen LogP contribution in [-0.4, -0.2) is 79.7 Å². The standard InChI is InChI=1S/C29H25F3N2O8/c1-34(2)21-20-23(37)17-14(10-11-6-8-12(9-7-11)29(30,31)32)13-4-3-5-15(35)16(13)22(36)18(17)25(39)28(20,42)26(40)19(24(21)38)27(33)41/h3-10,17,20-21,23,35-37,40,42H,1-2H3,(H2,33,41)/b14-10+/t17-,20-,21+,23+,28+/m1/s1. The number of alkyl halides is 3. The van der Waals surface area contributed by atoms with Gasteiger partial charge in [-0.05, 0) is 49.0 Å². The van der Waals surface area contributed by atoms with Crippen molar-refractivity contribution in [2.45, 2.75) is 23.9 Å². The zero-order chi connectivity index (χ0) is 31.0. The highest BCUT2D eigenvalue weighted by atomic mass is 19.4. The second-order valence-corrected chi connectivity index (χ2v) is 10.6. The number of phenols is 1. The average Bonchev–Trinajstić information content (AvgIpc) is 2.89. The quantitative estimate of drug-likeness (QED) is 0.293. The average molecular weight is 587 g/mol. The van der Waals surface area contributed by atoms with Crippen LogP contribution in [0.15, 0.2) is 59.4 Å². The summed E-state index contributed by atoms with van der Waals surface area (Å²) in [6.07, 6.45) is -5.17. The number of primary amides is 1. The minimum absolute atomic E-state index is 0.0606. The van der Waals surface area contributed by atoms with Gasteiger partial charge in [-0.1, -0.05) is 30.3 Å². The molecule has 0 aliphatic heterocycles. The molecule has 3 aliphatic carbocycles. The van der Waals surface area contributed by atoms with E-state index in [4.69, 9.17) is 5.73 Å². The summed E-state index contributed by atoms with van der Waals surface area (Å²) >= 11 is 0. The van der Waals surface area contributed by atoms with Gasteiger partial charge in [0.05, 0.1) is 34.8 Å². The molecule has 7 N–H and O–H groups in total. The molecular weight excluding hydrogens is 561 g/mol. The third-order valence-electron chi connectivity index (χ3n) is 8.09. The van der Waals surface area contributed by atoms with E-state index in [1.165, 1.54) is 43.3 Å². The highest BCUT2D eigenvalue weighted by Gasteiger charge is 2.68. The van der Waals surface area contributed by atoms with Gasteiger partial charge in [-0.2, -0.15) is 13.2 Å². The predicted molar refractivity (Wildman–Crippen MR) is 141 cm³/mol. The third kappa shape index (κ3) is 3.95. The number of nitrogens with two attached hydrogens (primary N) is 1. The maximum absolute atomic E-state index is 14.1. The molecule has 220 valence electrons. The molecule has 2 aromatic rings. The molecule has 5 atom stereocenters. The Balaban J connectivity index is 1.81. The van der Waals surface area contributed by atoms with Crippen LogP contribution in [0.25, 0.3) is 17.4 Å². The lowest BCUT2D eigenvalue weighted by Gasteiger charge is -2.53. The maximum Gasteiger partial charge on any atom is 0.416 e. The molecule has 1 fully saturated rings. The lowest BCUT2D eigenvalue weighted by atomic mass is 9.55. The number of aliphatic hydroxyl groups excluding tert-OH is 3. The number of fused-ring (bicyclic) bond motifs is 3. The second-order valence-electron chi connectivity index (χ2n) is 10.6. The molecule has 0 saturated heterocycles. The van der Waals surface area contributed by atoms with Gasteiger partial charge in [-0.25, -0.2) is 0 Å². The zero-order valence-corrected chi connectivity index (χ0v) is 22.0. The molecule has 1 saturated carbocycles. The van der Waals surface area contributed by atoms with Gasteiger partial charge in [0.1, 0.15) is 22.8 Å². The number of Topliss-reactive ketones (excluding diaryl/α,β-unsaturated/α-hetero) is 2. The molecular formula is C29H25F3N2O8. The lowest BCUT2D eigenvalue weighted by Crippen LogP contribution is -2.70. The summed E-state index contributed by atoms with van der Waals surface area (Å²) in [6, 6.07) is 6.40. The van der Waals surface area contributed by atoms with E-state index in [0.29, 0.717) is 0 Å². The van der Waals surface area contributed by atoms with E-state index >= 15 is 0 Å². The normalized spacial score (nSPS) is 28.6. The van der Waals surface area contributed by atoms with Crippen molar-refractivity contribution in [2.24, 2.45) is 17.6 Å². The Kier molecular flexibility index (Phi) is 6.60. The van der Waals surface area contributed by atoms with Crippen molar-refractivity contribution in [3.8, 4) is 5.75 Å². The van der Waals surface area contributed by atoms with E-state index < -0.39 is 87.2 Å². The fourth-order valence-electron chi connectivity index (χ4n) is 6.26. The van der Waals surface area contributed by atoms with Gasteiger partial charge < -0.3 is 31.3 Å². The van der Waals surface area contributed by atoms with Crippen molar-refractivity contribution >= 4 is 34.9 Å². The molecule has 13 heteroatoms. The fourth-order valence-corrected chi connectivity index (χ4v) is 6.26. The van der Waals surface area contributed by atoms with Gasteiger partial charge in [-0.15, -0.1) is 0 Å². The first-order valence-corrected chi connectivity index (χ1v) is 12.6.